The number of aromatic nitrogens is 1. The Hall–Kier alpha value is -3.95. The zero-order valence-electron chi connectivity index (χ0n) is 20.5. The lowest BCUT2D eigenvalue weighted by Crippen LogP contribution is -2.40. The zero-order valence-corrected chi connectivity index (χ0v) is 22.1. The predicted molar refractivity (Wildman–Crippen MR) is 145 cm³/mol. The quantitative estimate of drug-likeness (QED) is 0.336. The topological polar surface area (TPSA) is 79.1 Å². The highest BCUT2D eigenvalue weighted by Crippen LogP contribution is 2.38. The number of carbonyl (C=O) groups is 1. The van der Waals surface area contributed by atoms with Crippen molar-refractivity contribution in [2.24, 2.45) is 4.99 Å². The minimum Gasteiger partial charge on any atom is -0.493 e. The van der Waals surface area contributed by atoms with E-state index in [0.717, 1.165) is 10.4 Å². The van der Waals surface area contributed by atoms with Crippen molar-refractivity contribution in [2.45, 2.75) is 13.0 Å². The van der Waals surface area contributed by atoms with Gasteiger partial charge in [0.2, 0.25) is 0 Å². The molecule has 0 aliphatic carbocycles. The molecule has 9 heteroatoms. The number of esters is 1. The fourth-order valence-electron chi connectivity index (χ4n) is 4.28. The van der Waals surface area contributed by atoms with E-state index in [4.69, 9.17) is 19.2 Å². The van der Waals surface area contributed by atoms with Crippen LogP contribution < -0.4 is 24.4 Å². The fraction of sp³-hybridized carbons (Fsp3) is 0.179. The first-order valence-electron chi connectivity index (χ1n) is 11.6. The van der Waals surface area contributed by atoms with Crippen LogP contribution in [0, 0.1) is 0 Å². The molecule has 0 amide bonds. The summed E-state index contributed by atoms with van der Waals surface area (Å²) >= 11 is 2.84. The number of thiazole rings is 1. The summed E-state index contributed by atoms with van der Waals surface area (Å²) in [4.78, 5) is 33.6. The zero-order chi connectivity index (χ0) is 25.9. The van der Waals surface area contributed by atoms with Gasteiger partial charge in [-0.2, -0.15) is 0 Å². The maximum Gasteiger partial charge on any atom is 0.338 e. The lowest BCUT2D eigenvalue weighted by Gasteiger charge is -2.26. The number of hydrogen-bond donors (Lipinski definition) is 0. The molecule has 4 aromatic rings. The second-order valence-corrected chi connectivity index (χ2v) is 10.0. The van der Waals surface area contributed by atoms with Crippen molar-refractivity contribution in [1.82, 2.24) is 4.57 Å². The predicted octanol–water partition coefficient (Wildman–Crippen LogP) is 4.01. The number of fused-ring (bicyclic) bond motifs is 1. The molecule has 2 aromatic heterocycles. The third-order valence-corrected chi connectivity index (χ3v) is 7.72. The molecule has 0 fully saturated rings. The first-order chi connectivity index (χ1) is 18.0. The number of rotatable bonds is 7. The fourth-order valence-corrected chi connectivity index (χ4v) is 6.01. The molecule has 188 valence electrons. The van der Waals surface area contributed by atoms with E-state index in [2.05, 4.69) is 0 Å². The molecule has 2 aromatic carbocycles. The van der Waals surface area contributed by atoms with Crippen LogP contribution in [0.25, 0.3) is 11.8 Å². The summed E-state index contributed by atoms with van der Waals surface area (Å²) in [5.41, 5.74) is 1.96. The number of hydrogen-bond acceptors (Lipinski definition) is 8. The third kappa shape index (κ3) is 4.63. The van der Waals surface area contributed by atoms with Crippen LogP contribution in [0.15, 0.2) is 81.4 Å². The second kappa shape index (κ2) is 10.6. The molecule has 5 rings (SSSR count). The number of carbonyl (C=O) groups excluding carboxylic acids is 1. The monoisotopic (exact) mass is 532 g/mol. The van der Waals surface area contributed by atoms with Crippen LogP contribution in [-0.2, 0) is 9.53 Å². The first-order valence-corrected chi connectivity index (χ1v) is 13.3. The maximum absolute atomic E-state index is 13.8. The highest BCUT2D eigenvalue weighted by molar-refractivity contribution is 7.11. The van der Waals surface area contributed by atoms with Gasteiger partial charge in [0.15, 0.2) is 16.3 Å². The van der Waals surface area contributed by atoms with Crippen molar-refractivity contribution >= 4 is 40.4 Å². The summed E-state index contributed by atoms with van der Waals surface area (Å²) in [7, 11) is 3.11. The molecule has 3 heterocycles. The normalized spacial score (nSPS) is 15.2. The van der Waals surface area contributed by atoms with Gasteiger partial charge in [-0.05, 0) is 42.1 Å². The molecule has 7 nitrogen and oxygen atoms in total. The van der Waals surface area contributed by atoms with Crippen molar-refractivity contribution in [3.05, 3.63) is 107 Å². The Bertz CT molecular complexity index is 1650. The van der Waals surface area contributed by atoms with Gasteiger partial charge in [-0.15, -0.1) is 11.3 Å². The van der Waals surface area contributed by atoms with Crippen LogP contribution in [0.1, 0.15) is 29.0 Å². The van der Waals surface area contributed by atoms with E-state index >= 15 is 0 Å². The Morgan fingerprint density at radius 3 is 2.51 bits per heavy atom. The Labute approximate surface area is 221 Å². The lowest BCUT2D eigenvalue weighted by atomic mass is 9.93. The average Bonchev–Trinajstić information content (AvgIpc) is 3.55. The summed E-state index contributed by atoms with van der Waals surface area (Å²) in [5, 5.41) is 1.96. The minimum atomic E-state index is -0.782. The number of ether oxygens (including phenoxy) is 3. The molecule has 0 saturated heterocycles. The van der Waals surface area contributed by atoms with Gasteiger partial charge in [0, 0.05) is 10.4 Å². The van der Waals surface area contributed by atoms with Gasteiger partial charge in [-0.25, -0.2) is 9.79 Å². The largest absolute Gasteiger partial charge is 0.493 e. The molecule has 1 aliphatic rings. The van der Waals surface area contributed by atoms with E-state index in [-0.39, 0.29) is 17.7 Å². The Morgan fingerprint density at radius 1 is 1.05 bits per heavy atom. The van der Waals surface area contributed by atoms with Gasteiger partial charge < -0.3 is 14.2 Å². The molecule has 0 bridgehead atoms. The van der Waals surface area contributed by atoms with Gasteiger partial charge in [-0.3, -0.25) is 9.36 Å². The molecule has 1 atom stereocenters. The average molecular weight is 533 g/mol. The van der Waals surface area contributed by atoms with Crippen LogP contribution in [0.3, 0.4) is 0 Å². The smallest absolute Gasteiger partial charge is 0.338 e. The van der Waals surface area contributed by atoms with Crippen LogP contribution in [0.5, 0.6) is 11.5 Å². The van der Waals surface area contributed by atoms with Gasteiger partial charge in [0.1, 0.15) is 0 Å². The number of thiophene rings is 1. The molecule has 37 heavy (non-hydrogen) atoms. The van der Waals surface area contributed by atoms with E-state index in [1.807, 2.05) is 60.0 Å². The van der Waals surface area contributed by atoms with Gasteiger partial charge in [0.25, 0.3) is 5.56 Å². The van der Waals surface area contributed by atoms with Crippen molar-refractivity contribution in [1.29, 1.82) is 0 Å². The van der Waals surface area contributed by atoms with E-state index in [1.54, 1.807) is 49.2 Å². The molecule has 0 radical (unpaired) electrons. The highest BCUT2D eigenvalue weighted by atomic mass is 32.1. The Kier molecular flexibility index (Phi) is 7.07. The molecule has 1 unspecified atom stereocenters. The van der Waals surface area contributed by atoms with Crippen molar-refractivity contribution in [3.63, 3.8) is 0 Å². The molecule has 0 saturated carbocycles. The van der Waals surface area contributed by atoms with Gasteiger partial charge in [-0.1, -0.05) is 53.8 Å². The van der Waals surface area contributed by atoms with E-state index in [0.29, 0.717) is 32.1 Å². The molecular weight excluding hydrogens is 508 g/mol. The molecule has 0 N–H and O–H groups in total. The van der Waals surface area contributed by atoms with Gasteiger partial charge >= 0.3 is 5.97 Å². The van der Waals surface area contributed by atoms with Gasteiger partial charge in [0.05, 0.1) is 42.7 Å². The molecule has 1 aliphatic heterocycles. The molecule has 0 spiro atoms. The summed E-state index contributed by atoms with van der Waals surface area (Å²) < 4.78 is 18.6. The summed E-state index contributed by atoms with van der Waals surface area (Å²) in [6.07, 6.45) is 1.86. The standard InChI is InChI=1S/C28H24N2O5S2/c1-4-35-27(32)23-24(17-9-6-5-7-10-17)29-28-30(26(31)22(37-28)16-19-11-8-14-36-19)25(23)18-12-13-20(33-2)21(15-18)34-3/h5-16,25H,4H2,1-3H3/b22-16-. The van der Waals surface area contributed by atoms with E-state index < -0.39 is 12.0 Å². The van der Waals surface area contributed by atoms with E-state index in [1.165, 1.54) is 11.3 Å². The SMILES string of the molecule is CCOC(=O)C1=C(c2ccccc2)N=c2s/c(=C\c3cccs3)c(=O)n2C1c1ccc(OC)c(OC)c1. The van der Waals surface area contributed by atoms with Crippen molar-refractivity contribution in [2.75, 3.05) is 20.8 Å². The van der Waals surface area contributed by atoms with Crippen LogP contribution in [0.2, 0.25) is 0 Å². The van der Waals surface area contributed by atoms with Crippen LogP contribution in [0.4, 0.5) is 0 Å². The van der Waals surface area contributed by atoms with Crippen LogP contribution in [-0.4, -0.2) is 31.4 Å². The Morgan fingerprint density at radius 2 is 1.84 bits per heavy atom. The maximum atomic E-state index is 13.8. The summed E-state index contributed by atoms with van der Waals surface area (Å²) in [5.74, 6) is 0.501. The molecular formula is C28H24N2O5S2. The third-order valence-electron chi connectivity index (χ3n) is 5.91. The van der Waals surface area contributed by atoms with Crippen molar-refractivity contribution < 1.29 is 19.0 Å². The van der Waals surface area contributed by atoms with Crippen molar-refractivity contribution in [3.8, 4) is 11.5 Å². The number of methoxy groups -OCH3 is 2. The number of benzene rings is 2. The minimum absolute atomic E-state index is 0.186. The highest BCUT2D eigenvalue weighted by Gasteiger charge is 2.35. The van der Waals surface area contributed by atoms with Crippen LogP contribution >= 0.6 is 22.7 Å². The summed E-state index contributed by atoms with van der Waals surface area (Å²) in [6.45, 7) is 1.94. The second-order valence-electron chi connectivity index (χ2n) is 8.06. The number of nitrogens with zero attached hydrogens (tertiary/aromatic N) is 2. The lowest BCUT2D eigenvalue weighted by molar-refractivity contribution is -0.138. The van der Waals surface area contributed by atoms with E-state index in [9.17, 15) is 9.59 Å². The summed E-state index contributed by atoms with van der Waals surface area (Å²) in [6, 6.07) is 17.9. The Balaban J connectivity index is 1.85. The first kappa shape index (κ1) is 24.7.